The molecule has 0 fully saturated rings. The molecular weight excluding hydrogens is 450 g/mol. The molecule has 0 bridgehead atoms. The quantitative estimate of drug-likeness (QED) is 0.479. The first-order valence-electron chi connectivity index (χ1n) is 9.93. The topological polar surface area (TPSA) is 129 Å². The molecule has 0 spiro atoms. The van der Waals surface area contributed by atoms with Crippen LogP contribution in [0.1, 0.15) is 19.5 Å². The lowest BCUT2D eigenvalue weighted by molar-refractivity contribution is -0.114. The molecule has 1 heterocycles. The van der Waals surface area contributed by atoms with E-state index < -0.39 is 10.0 Å². The van der Waals surface area contributed by atoms with E-state index in [9.17, 15) is 13.2 Å². The number of carbonyl (C=O) groups is 1. The Hall–Kier alpha value is -3.73. The Morgan fingerprint density at radius 1 is 1.00 bits per heavy atom. The van der Waals surface area contributed by atoms with Crippen molar-refractivity contribution in [3.05, 3.63) is 42.1 Å². The number of amides is 1. The monoisotopic (exact) mass is 475 g/mol. The Morgan fingerprint density at radius 2 is 1.67 bits per heavy atom. The summed E-state index contributed by atoms with van der Waals surface area (Å²) in [5, 5.41) is 6.58. The number of anilines is 2. The third kappa shape index (κ3) is 5.03. The van der Waals surface area contributed by atoms with E-state index in [1.165, 1.54) is 46.5 Å². The minimum atomic E-state index is -4.08. The number of aromatic nitrogens is 1. The van der Waals surface area contributed by atoms with Crippen molar-refractivity contribution < 1.29 is 31.9 Å². The fourth-order valence-corrected chi connectivity index (χ4v) is 4.50. The van der Waals surface area contributed by atoms with Gasteiger partial charge in [-0.25, -0.2) is 8.42 Å². The summed E-state index contributed by atoms with van der Waals surface area (Å²) in [5.74, 6) is 0.773. The minimum absolute atomic E-state index is 0.102. The summed E-state index contributed by atoms with van der Waals surface area (Å²) in [6.45, 7) is 3.22. The Kier molecular flexibility index (Phi) is 7.12. The van der Waals surface area contributed by atoms with E-state index in [2.05, 4.69) is 15.2 Å². The lowest BCUT2D eigenvalue weighted by atomic mass is 10.0. The number of ether oxygens (including phenoxy) is 3. The van der Waals surface area contributed by atoms with E-state index >= 15 is 0 Å². The first kappa shape index (κ1) is 23.9. The summed E-state index contributed by atoms with van der Waals surface area (Å²) in [6, 6.07) is 9.30. The molecule has 11 heteroatoms. The van der Waals surface area contributed by atoms with Gasteiger partial charge in [-0.2, -0.15) is 0 Å². The van der Waals surface area contributed by atoms with Crippen molar-refractivity contribution in [3.63, 3.8) is 0 Å². The van der Waals surface area contributed by atoms with Gasteiger partial charge in [-0.1, -0.05) is 18.1 Å². The molecule has 33 heavy (non-hydrogen) atoms. The fourth-order valence-electron chi connectivity index (χ4n) is 3.26. The first-order chi connectivity index (χ1) is 15.7. The fraction of sp³-hybridized carbons (Fsp3) is 0.273. The van der Waals surface area contributed by atoms with E-state index in [4.69, 9.17) is 18.7 Å². The molecule has 176 valence electrons. The maximum absolute atomic E-state index is 13.3. The normalized spacial score (nSPS) is 11.1. The van der Waals surface area contributed by atoms with E-state index in [-0.39, 0.29) is 28.1 Å². The Morgan fingerprint density at radius 3 is 2.27 bits per heavy atom. The molecule has 2 aromatic carbocycles. The first-order valence-corrected chi connectivity index (χ1v) is 11.4. The summed E-state index contributed by atoms with van der Waals surface area (Å²) >= 11 is 0. The SMILES string of the molecule is CCc1noc(NC(C)=O)c1-c1ccc(OC)c(S(=O)(=O)Nc2ccc(OC)c(OC)c2)c1. The van der Waals surface area contributed by atoms with Crippen LogP contribution in [0.25, 0.3) is 11.1 Å². The van der Waals surface area contributed by atoms with E-state index in [1.807, 2.05) is 6.92 Å². The van der Waals surface area contributed by atoms with Crippen LogP contribution in [0.2, 0.25) is 0 Å². The van der Waals surface area contributed by atoms with E-state index in [1.54, 1.807) is 18.2 Å². The lowest BCUT2D eigenvalue weighted by Gasteiger charge is -2.15. The average Bonchev–Trinajstić information content (AvgIpc) is 3.20. The molecular formula is C22H25N3O7S. The highest BCUT2D eigenvalue weighted by molar-refractivity contribution is 7.92. The maximum atomic E-state index is 13.3. The number of nitrogens with one attached hydrogen (secondary N) is 2. The number of aryl methyl sites for hydroxylation is 1. The van der Waals surface area contributed by atoms with Crippen LogP contribution in [0, 0.1) is 0 Å². The number of nitrogens with zero attached hydrogens (tertiary/aromatic N) is 1. The molecule has 3 rings (SSSR count). The van der Waals surface area contributed by atoms with Crippen molar-refractivity contribution in [2.75, 3.05) is 31.4 Å². The summed E-state index contributed by atoms with van der Waals surface area (Å²) in [7, 11) is 0.246. The zero-order valence-corrected chi connectivity index (χ0v) is 19.7. The zero-order chi connectivity index (χ0) is 24.2. The van der Waals surface area contributed by atoms with Crippen LogP contribution < -0.4 is 24.2 Å². The predicted molar refractivity (Wildman–Crippen MR) is 123 cm³/mol. The van der Waals surface area contributed by atoms with Crippen LogP contribution in [0.5, 0.6) is 17.2 Å². The number of sulfonamides is 1. The van der Waals surface area contributed by atoms with Crippen LogP contribution in [-0.4, -0.2) is 40.8 Å². The van der Waals surface area contributed by atoms with Crippen molar-refractivity contribution in [1.82, 2.24) is 5.16 Å². The molecule has 0 aliphatic rings. The number of carbonyl (C=O) groups excluding carboxylic acids is 1. The second-order valence-electron chi connectivity index (χ2n) is 6.91. The number of hydrogen-bond acceptors (Lipinski definition) is 8. The molecule has 2 N–H and O–H groups in total. The van der Waals surface area contributed by atoms with Gasteiger partial charge in [0.05, 0.1) is 38.3 Å². The van der Waals surface area contributed by atoms with Gasteiger partial charge in [-0.05, 0) is 36.2 Å². The van der Waals surface area contributed by atoms with Gasteiger partial charge in [0.2, 0.25) is 11.8 Å². The molecule has 0 unspecified atom stereocenters. The number of methoxy groups -OCH3 is 3. The third-order valence-electron chi connectivity index (χ3n) is 4.76. The van der Waals surface area contributed by atoms with Crippen LogP contribution >= 0.6 is 0 Å². The van der Waals surface area contributed by atoms with Gasteiger partial charge in [0.25, 0.3) is 10.0 Å². The van der Waals surface area contributed by atoms with Crippen molar-refractivity contribution in [3.8, 4) is 28.4 Å². The van der Waals surface area contributed by atoms with Crippen molar-refractivity contribution in [1.29, 1.82) is 0 Å². The minimum Gasteiger partial charge on any atom is -0.495 e. The van der Waals surface area contributed by atoms with Gasteiger partial charge in [-0.15, -0.1) is 0 Å². The Balaban J connectivity index is 2.08. The molecule has 0 aliphatic carbocycles. The highest BCUT2D eigenvalue weighted by Crippen LogP contribution is 2.37. The highest BCUT2D eigenvalue weighted by atomic mass is 32.2. The molecule has 0 saturated carbocycles. The van der Waals surface area contributed by atoms with Crippen LogP contribution in [0.15, 0.2) is 45.8 Å². The van der Waals surface area contributed by atoms with Gasteiger partial charge in [0.15, 0.2) is 11.5 Å². The van der Waals surface area contributed by atoms with Gasteiger partial charge in [0, 0.05) is 13.0 Å². The van der Waals surface area contributed by atoms with Crippen LogP contribution in [0.4, 0.5) is 11.6 Å². The largest absolute Gasteiger partial charge is 0.495 e. The molecule has 1 aromatic heterocycles. The van der Waals surface area contributed by atoms with Gasteiger partial charge in [-0.3, -0.25) is 14.8 Å². The Bertz CT molecular complexity index is 1270. The molecule has 0 atom stereocenters. The zero-order valence-electron chi connectivity index (χ0n) is 18.9. The van der Waals surface area contributed by atoms with Crippen LogP contribution in [-0.2, 0) is 21.2 Å². The van der Waals surface area contributed by atoms with E-state index in [0.29, 0.717) is 34.7 Å². The van der Waals surface area contributed by atoms with E-state index in [0.717, 1.165) is 0 Å². The highest BCUT2D eigenvalue weighted by Gasteiger charge is 2.24. The smallest absolute Gasteiger partial charge is 0.265 e. The molecule has 1 amide bonds. The molecule has 10 nitrogen and oxygen atoms in total. The summed E-state index contributed by atoms with van der Waals surface area (Å²) < 4.78 is 50.1. The average molecular weight is 476 g/mol. The summed E-state index contributed by atoms with van der Waals surface area (Å²) in [4.78, 5) is 11.5. The second kappa shape index (κ2) is 9.82. The van der Waals surface area contributed by atoms with Gasteiger partial charge >= 0.3 is 0 Å². The Labute approximate surface area is 191 Å². The maximum Gasteiger partial charge on any atom is 0.265 e. The third-order valence-corrected chi connectivity index (χ3v) is 6.17. The van der Waals surface area contributed by atoms with Crippen molar-refractivity contribution in [2.24, 2.45) is 0 Å². The second-order valence-corrected chi connectivity index (χ2v) is 8.56. The molecule has 0 radical (unpaired) electrons. The summed E-state index contributed by atoms with van der Waals surface area (Å²) in [5.41, 5.74) is 1.83. The predicted octanol–water partition coefficient (Wildman–Crippen LogP) is 3.69. The number of hydrogen-bond donors (Lipinski definition) is 2. The molecule has 0 saturated heterocycles. The van der Waals surface area contributed by atoms with Crippen molar-refractivity contribution >= 4 is 27.5 Å². The van der Waals surface area contributed by atoms with Crippen LogP contribution in [0.3, 0.4) is 0 Å². The summed E-state index contributed by atoms with van der Waals surface area (Å²) in [6.07, 6.45) is 0.510. The molecule has 0 aliphatic heterocycles. The number of benzene rings is 2. The number of rotatable bonds is 9. The standard InChI is InChI=1S/C22H25N3O7S/c1-6-16-21(22(32-24-16)23-13(2)26)14-7-9-18(30-4)20(11-14)33(27,28)25-15-8-10-17(29-3)19(12-15)31-5/h7-12,25H,6H2,1-5H3,(H,23,26). The van der Waals surface area contributed by atoms with Crippen molar-refractivity contribution in [2.45, 2.75) is 25.2 Å². The van der Waals surface area contributed by atoms with Gasteiger partial charge < -0.3 is 18.7 Å². The van der Waals surface area contributed by atoms with Gasteiger partial charge in [0.1, 0.15) is 10.6 Å². The lowest BCUT2D eigenvalue weighted by Crippen LogP contribution is -2.14. The molecule has 3 aromatic rings.